The lowest BCUT2D eigenvalue weighted by Gasteiger charge is -2.09. The summed E-state index contributed by atoms with van der Waals surface area (Å²) in [6, 6.07) is 7.71. The zero-order valence-electron chi connectivity index (χ0n) is 12.9. The lowest BCUT2D eigenvalue weighted by Crippen LogP contribution is -1.92. The fourth-order valence-corrected chi connectivity index (χ4v) is 2.03. The number of azo groups is 1. The maximum absolute atomic E-state index is 10.8. The lowest BCUT2D eigenvalue weighted by molar-refractivity contribution is -0.385. The number of benzene rings is 2. The van der Waals surface area contributed by atoms with Gasteiger partial charge in [0.1, 0.15) is 0 Å². The third kappa shape index (κ3) is 3.54. The number of nitrogens with zero attached hydrogens (tertiary/aromatic N) is 3. The van der Waals surface area contributed by atoms with E-state index >= 15 is 0 Å². The van der Waals surface area contributed by atoms with E-state index < -0.39 is 4.92 Å². The van der Waals surface area contributed by atoms with E-state index in [0.717, 1.165) is 0 Å². The SMILES string of the molecule is COc1cc(N)cc(OC)c1/N=N/c1ccc([N+](=O)[O-])c(C)c1. The molecule has 2 rings (SSSR count). The minimum Gasteiger partial charge on any atom is -0.494 e. The Kier molecular flexibility index (Phi) is 4.75. The lowest BCUT2D eigenvalue weighted by atomic mass is 10.2. The maximum Gasteiger partial charge on any atom is 0.272 e. The van der Waals surface area contributed by atoms with Crippen LogP contribution in [0.15, 0.2) is 40.6 Å². The molecule has 0 saturated carbocycles. The van der Waals surface area contributed by atoms with Crippen LogP contribution in [0.5, 0.6) is 11.5 Å². The Balaban J connectivity index is 2.41. The topological polar surface area (TPSA) is 112 Å². The number of rotatable bonds is 5. The number of nitrogens with two attached hydrogens (primary N) is 1. The molecule has 0 atom stereocenters. The van der Waals surface area contributed by atoms with Gasteiger partial charge in [0.2, 0.25) is 0 Å². The van der Waals surface area contributed by atoms with Crippen molar-refractivity contribution in [1.29, 1.82) is 0 Å². The predicted octanol–water partition coefficient (Wildman–Crippen LogP) is 3.92. The van der Waals surface area contributed by atoms with Crippen LogP contribution in [0.1, 0.15) is 5.56 Å². The van der Waals surface area contributed by atoms with Gasteiger partial charge in [0.15, 0.2) is 17.2 Å². The van der Waals surface area contributed by atoms with Gasteiger partial charge >= 0.3 is 0 Å². The molecule has 0 fully saturated rings. The highest BCUT2D eigenvalue weighted by Crippen LogP contribution is 2.40. The van der Waals surface area contributed by atoms with Gasteiger partial charge in [0.05, 0.1) is 24.8 Å². The van der Waals surface area contributed by atoms with Gasteiger partial charge in [-0.3, -0.25) is 10.1 Å². The van der Waals surface area contributed by atoms with Crippen molar-refractivity contribution < 1.29 is 14.4 Å². The number of nitro benzene ring substituents is 1. The monoisotopic (exact) mass is 316 g/mol. The zero-order chi connectivity index (χ0) is 17.0. The molecule has 0 aliphatic carbocycles. The van der Waals surface area contributed by atoms with Crippen molar-refractivity contribution in [3.8, 4) is 11.5 Å². The smallest absolute Gasteiger partial charge is 0.272 e. The summed E-state index contributed by atoms with van der Waals surface area (Å²) in [6.45, 7) is 1.64. The van der Waals surface area contributed by atoms with Crippen molar-refractivity contribution in [1.82, 2.24) is 0 Å². The van der Waals surface area contributed by atoms with Gasteiger partial charge in [-0.2, -0.15) is 5.11 Å². The third-order valence-corrected chi connectivity index (χ3v) is 3.14. The molecule has 8 heteroatoms. The second-order valence-corrected chi connectivity index (χ2v) is 4.70. The van der Waals surface area contributed by atoms with Gasteiger partial charge in [0.25, 0.3) is 5.69 Å². The number of aryl methyl sites for hydroxylation is 1. The first-order valence-corrected chi connectivity index (χ1v) is 6.64. The van der Waals surface area contributed by atoms with Crippen molar-refractivity contribution in [2.24, 2.45) is 10.2 Å². The molecule has 120 valence electrons. The van der Waals surface area contributed by atoms with Crippen molar-refractivity contribution in [3.05, 3.63) is 46.0 Å². The first-order chi connectivity index (χ1) is 11.0. The highest BCUT2D eigenvalue weighted by atomic mass is 16.6. The molecule has 0 bridgehead atoms. The van der Waals surface area contributed by atoms with Gasteiger partial charge in [-0.05, 0) is 19.1 Å². The molecule has 23 heavy (non-hydrogen) atoms. The molecule has 0 amide bonds. The molecule has 8 nitrogen and oxygen atoms in total. The van der Waals surface area contributed by atoms with E-state index in [2.05, 4.69) is 10.2 Å². The van der Waals surface area contributed by atoms with Crippen molar-refractivity contribution in [2.45, 2.75) is 6.92 Å². The van der Waals surface area contributed by atoms with E-state index in [9.17, 15) is 10.1 Å². The third-order valence-electron chi connectivity index (χ3n) is 3.14. The van der Waals surface area contributed by atoms with Crippen molar-refractivity contribution in [2.75, 3.05) is 20.0 Å². The van der Waals surface area contributed by atoms with Crippen LogP contribution >= 0.6 is 0 Å². The fraction of sp³-hybridized carbons (Fsp3) is 0.200. The summed E-state index contributed by atoms with van der Waals surface area (Å²) in [6.07, 6.45) is 0. The summed E-state index contributed by atoms with van der Waals surface area (Å²) >= 11 is 0. The zero-order valence-corrected chi connectivity index (χ0v) is 12.9. The van der Waals surface area contributed by atoms with Crippen molar-refractivity contribution >= 4 is 22.7 Å². The summed E-state index contributed by atoms with van der Waals surface area (Å²) in [5.41, 5.74) is 7.64. The van der Waals surface area contributed by atoms with Crippen LogP contribution in [0.25, 0.3) is 0 Å². The molecular formula is C15H16N4O4. The highest BCUT2D eigenvalue weighted by Gasteiger charge is 2.12. The van der Waals surface area contributed by atoms with Crippen LogP contribution in [-0.2, 0) is 0 Å². The molecular weight excluding hydrogens is 300 g/mol. The average molecular weight is 316 g/mol. The Bertz CT molecular complexity index is 749. The van der Waals surface area contributed by atoms with Crippen LogP contribution in [0.2, 0.25) is 0 Å². The molecule has 0 radical (unpaired) electrons. The molecule has 0 spiro atoms. The van der Waals surface area contributed by atoms with Crippen LogP contribution in [0, 0.1) is 17.0 Å². The van der Waals surface area contributed by atoms with Gasteiger partial charge in [-0.1, -0.05) is 0 Å². The molecule has 2 aromatic rings. The molecule has 2 N–H and O–H groups in total. The first kappa shape index (κ1) is 16.2. The van der Waals surface area contributed by atoms with Crippen LogP contribution in [0.3, 0.4) is 0 Å². The largest absolute Gasteiger partial charge is 0.494 e. The molecule has 0 heterocycles. The van der Waals surface area contributed by atoms with E-state index in [1.807, 2.05) is 0 Å². The van der Waals surface area contributed by atoms with Gasteiger partial charge in [0, 0.05) is 29.4 Å². The number of hydrogen-bond donors (Lipinski definition) is 1. The first-order valence-electron chi connectivity index (χ1n) is 6.64. The summed E-state index contributed by atoms with van der Waals surface area (Å²) in [5, 5.41) is 19.0. The second kappa shape index (κ2) is 6.73. The maximum atomic E-state index is 10.8. The summed E-state index contributed by atoms with van der Waals surface area (Å²) in [7, 11) is 2.98. The molecule has 0 unspecified atom stereocenters. The number of ether oxygens (including phenoxy) is 2. The summed E-state index contributed by atoms with van der Waals surface area (Å²) in [5.74, 6) is 0.841. The van der Waals surface area contributed by atoms with Gasteiger partial charge in [-0.25, -0.2) is 0 Å². The Labute approximate surface area is 132 Å². The van der Waals surface area contributed by atoms with Crippen molar-refractivity contribution in [3.63, 3.8) is 0 Å². The molecule has 0 aromatic heterocycles. The van der Waals surface area contributed by atoms with E-state index in [4.69, 9.17) is 15.2 Å². The normalized spacial score (nSPS) is 10.7. The number of methoxy groups -OCH3 is 2. The molecule has 0 saturated heterocycles. The number of nitrogen functional groups attached to an aromatic ring is 1. The highest BCUT2D eigenvalue weighted by molar-refractivity contribution is 5.68. The summed E-state index contributed by atoms with van der Waals surface area (Å²) < 4.78 is 10.5. The van der Waals surface area contributed by atoms with E-state index in [-0.39, 0.29) is 5.69 Å². The Morgan fingerprint density at radius 1 is 1.09 bits per heavy atom. The molecule has 2 aromatic carbocycles. The van der Waals surface area contributed by atoms with Crippen LogP contribution in [-0.4, -0.2) is 19.1 Å². The number of nitro groups is 1. The van der Waals surface area contributed by atoms with Gasteiger partial charge < -0.3 is 15.2 Å². The predicted molar refractivity (Wildman–Crippen MR) is 86.0 cm³/mol. The summed E-state index contributed by atoms with van der Waals surface area (Å²) in [4.78, 5) is 10.4. The van der Waals surface area contributed by atoms with E-state index in [0.29, 0.717) is 34.1 Å². The standard InChI is InChI=1S/C15H16N4O4/c1-9-6-11(4-5-12(9)19(20)21)17-18-15-13(22-2)7-10(16)8-14(15)23-3/h4-8H,16H2,1-3H3/b18-17+. The molecule has 0 aliphatic heterocycles. The van der Waals surface area contributed by atoms with E-state index in [1.165, 1.54) is 26.4 Å². The van der Waals surface area contributed by atoms with E-state index in [1.54, 1.807) is 25.1 Å². The second-order valence-electron chi connectivity index (χ2n) is 4.70. The minimum absolute atomic E-state index is 0.0339. The quantitative estimate of drug-likeness (QED) is 0.389. The van der Waals surface area contributed by atoms with Crippen LogP contribution in [0.4, 0.5) is 22.7 Å². The number of hydrogen-bond acceptors (Lipinski definition) is 7. The fourth-order valence-electron chi connectivity index (χ4n) is 2.03. The minimum atomic E-state index is -0.442. The average Bonchev–Trinajstić information content (AvgIpc) is 2.52. The number of anilines is 1. The Hall–Kier alpha value is -3.16. The Morgan fingerprint density at radius 3 is 2.17 bits per heavy atom. The molecule has 0 aliphatic rings. The Morgan fingerprint density at radius 2 is 1.70 bits per heavy atom. The van der Waals surface area contributed by atoms with Gasteiger partial charge in [-0.15, -0.1) is 5.11 Å². The van der Waals surface area contributed by atoms with Crippen LogP contribution < -0.4 is 15.2 Å².